The summed E-state index contributed by atoms with van der Waals surface area (Å²) in [5, 5.41) is 15.4. The summed E-state index contributed by atoms with van der Waals surface area (Å²) in [4.78, 5) is 35.1. The lowest BCUT2D eigenvalue weighted by Crippen LogP contribution is -2.30. The molecule has 3 aromatic carbocycles. The summed E-state index contributed by atoms with van der Waals surface area (Å²) in [6, 6.07) is 17.2. The molecule has 8 heteroatoms. The van der Waals surface area contributed by atoms with Crippen LogP contribution in [0, 0.1) is 10.1 Å². The molecular formula is C22H20N2O6. The number of ether oxygens (including phenoxy) is 2. The summed E-state index contributed by atoms with van der Waals surface area (Å²) in [7, 11) is 1.34. The van der Waals surface area contributed by atoms with Gasteiger partial charge in [0.05, 0.1) is 30.2 Å². The Labute approximate surface area is 172 Å². The van der Waals surface area contributed by atoms with Crippen molar-refractivity contribution in [2.45, 2.75) is 19.4 Å². The first-order valence-electron chi connectivity index (χ1n) is 9.18. The van der Waals surface area contributed by atoms with Crippen LogP contribution in [0.5, 0.6) is 5.75 Å². The molecule has 8 nitrogen and oxygen atoms in total. The topological polar surface area (TPSA) is 108 Å². The molecular weight excluding hydrogens is 388 g/mol. The molecule has 1 N–H and O–H groups in total. The molecule has 0 aliphatic rings. The number of rotatable bonds is 7. The molecule has 0 aromatic heterocycles. The van der Waals surface area contributed by atoms with Crippen molar-refractivity contribution in [2.75, 3.05) is 12.4 Å². The third-order valence-electron chi connectivity index (χ3n) is 4.55. The van der Waals surface area contributed by atoms with E-state index >= 15 is 0 Å². The minimum absolute atomic E-state index is 0.0276. The highest BCUT2D eigenvalue weighted by atomic mass is 16.6. The van der Waals surface area contributed by atoms with Crippen molar-refractivity contribution < 1.29 is 24.0 Å². The SMILES string of the molecule is COc1cc([N+](=O)[O-])ccc1NC(=O)[C@H](C)OC(=O)Cc1cccc2ccccc12. The zero-order valence-electron chi connectivity index (χ0n) is 16.5. The predicted molar refractivity (Wildman–Crippen MR) is 111 cm³/mol. The van der Waals surface area contributed by atoms with Crippen molar-refractivity contribution in [2.24, 2.45) is 0 Å². The molecule has 0 aliphatic heterocycles. The largest absolute Gasteiger partial charge is 0.494 e. The molecule has 0 heterocycles. The van der Waals surface area contributed by atoms with Gasteiger partial charge in [-0.3, -0.25) is 19.7 Å². The molecule has 1 atom stereocenters. The maximum absolute atomic E-state index is 12.4. The number of fused-ring (bicyclic) bond motifs is 1. The van der Waals surface area contributed by atoms with Crippen LogP contribution in [0.1, 0.15) is 12.5 Å². The second-order valence-electron chi connectivity index (χ2n) is 6.58. The second kappa shape index (κ2) is 9.04. The molecule has 154 valence electrons. The number of nitro benzene ring substituents is 1. The van der Waals surface area contributed by atoms with Crippen molar-refractivity contribution in [1.29, 1.82) is 0 Å². The molecule has 0 unspecified atom stereocenters. The first-order chi connectivity index (χ1) is 14.4. The van der Waals surface area contributed by atoms with E-state index in [4.69, 9.17) is 9.47 Å². The van der Waals surface area contributed by atoms with Crippen molar-refractivity contribution >= 4 is 34.0 Å². The summed E-state index contributed by atoms with van der Waals surface area (Å²) in [6.45, 7) is 1.45. The van der Waals surface area contributed by atoms with Crippen LogP contribution in [0.4, 0.5) is 11.4 Å². The number of hydrogen-bond donors (Lipinski definition) is 1. The van der Waals surface area contributed by atoms with Gasteiger partial charge in [-0.2, -0.15) is 0 Å². The maximum atomic E-state index is 12.4. The van der Waals surface area contributed by atoms with Gasteiger partial charge in [-0.15, -0.1) is 0 Å². The second-order valence-corrected chi connectivity index (χ2v) is 6.58. The Morgan fingerprint density at radius 1 is 1.10 bits per heavy atom. The van der Waals surface area contributed by atoms with Crippen molar-refractivity contribution in [1.82, 2.24) is 0 Å². The highest BCUT2D eigenvalue weighted by Crippen LogP contribution is 2.29. The van der Waals surface area contributed by atoms with Crippen LogP contribution in [0.3, 0.4) is 0 Å². The number of anilines is 1. The lowest BCUT2D eigenvalue weighted by atomic mass is 10.0. The van der Waals surface area contributed by atoms with Crippen molar-refractivity contribution in [3.05, 3.63) is 76.3 Å². The standard InChI is InChI=1S/C22H20N2O6/c1-14(22(26)23-19-11-10-17(24(27)28)13-20(19)29-2)30-21(25)12-16-8-5-7-15-6-3-4-9-18(15)16/h3-11,13-14H,12H2,1-2H3,(H,23,26)/t14-/m0/s1. The minimum Gasteiger partial charge on any atom is -0.494 e. The van der Waals surface area contributed by atoms with E-state index in [-0.39, 0.29) is 23.5 Å². The van der Waals surface area contributed by atoms with Gasteiger partial charge in [0.2, 0.25) is 0 Å². The first kappa shape index (κ1) is 20.8. The van der Waals surface area contributed by atoms with E-state index in [9.17, 15) is 19.7 Å². The average molecular weight is 408 g/mol. The summed E-state index contributed by atoms with van der Waals surface area (Å²) >= 11 is 0. The Morgan fingerprint density at radius 2 is 1.83 bits per heavy atom. The Morgan fingerprint density at radius 3 is 2.57 bits per heavy atom. The van der Waals surface area contributed by atoms with E-state index in [1.165, 1.54) is 32.2 Å². The number of methoxy groups -OCH3 is 1. The molecule has 30 heavy (non-hydrogen) atoms. The number of esters is 1. The number of non-ortho nitro benzene ring substituents is 1. The van der Waals surface area contributed by atoms with Crippen LogP contribution in [0.15, 0.2) is 60.7 Å². The number of benzene rings is 3. The van der Waals surface area contributed by atoms with Crippen LogP contribution in [0.2, 0.25) is 0 Å². The van der Waals surface area contributed by atoms with Crippen LogP contribution < -0.4 is 10.1 Å². The lowest BCUT2D eigenvalue weighted by Gasteiger charge is -2.15. The number of nitro groups is 1. The van der Waals surface area contributed by atoms with E-state index in [1.807, 2.05) is 42.5 Å². The monoisotopic (exact) mass is 408 g/mol. The number of nitrogens with zero attached hydrogens (tertiary/aromatic N) is 1. The summed E-state index contributed by atoms with van der Waals surface area (Å²) in [5.41, 5.74) is 0.882. The van der Waals surface area contributed by atoms with Gasteiger partial charge in [-0.05, 0) is 29.3 Å². The fourth-order valence-corrected chi connectivity index (χ4v) is 3.03. The fourth-order valence-electron chi connectivity index (χ4n) is 3.03. The zero-order chi connectivity index (χ0) is 21.7. The van der Waals surface area contributed by atoms with Crippen LogP contribution in [-0.2, 0) is 20.7 Å². The quantitative estimate of drug-likeness (QED) is 0.361. The number of carbonyl (C=O) groups excluding carboxylic acids is 2. The van der Waals surface area contributed by atoms with Gasteiger partial charge in [0.15, 0.2) is 6.10 Å². The van der Waals surface area contributed by atoms with Gasteiger partial charge >= 0.3 is 5.97 Å². The lowest BCUT2D eigenvalue weighted by molar-refractivity contribution is -0.384. The fraction of sp³-hybridized carbons (Fsp3) is 0.182. The van der Waals surface area contributed by atoms with E-state index in [0.29, 0.717) is 0 Å². The van der Waals surface area contributed by atoms with Gasteiger partial charge in [0, 0.05) is 6.07 Å². The Bertz CT molecular complexity index is 1110. The van der Waals surface area contributed by atoms with E-state index in [2.05, 4.69) is 5.32 Å². The number of carbonyl (C=O) groups is 2. The third-order valence-corrected chi connectivity index (χ3v) is 4.55. The molecule has 3 rings (SSSR count). The Hall–Kier alpha value is -3.94. The van der Waals surface area contributed by atoms with Gasteiger partial charge in [0.25, 0.3) is 11.6 Å². The van der Waals surface area contributed by atoms with Crippen LogP contribution in [0.25, 0.3) is 10.8 Å². The average Bonchev–Trinajstić information content (AvgIpc) is 2.74. The molecule has 0 aliphatic carbocycles. The van der Waals surface area contributed by atoms with E-state index in [0.717, 1.165) is 16.3 Å². The Kier molecular flexibility index (Phi) is 6.26. The van der Waals surface area contributed by atoms with E-state index in [1.54, 1.807) is 0 Å². The Balaban J connectivity index is 1.65. The molecule has 1 amide bonds. The number of hydrogen-bond acceptors (Lipinski definition) is 6. The predicted octanol–water partition coefficient (Wildman–Crippen LogP) is 3.87. The minimum atomic E-state index is -1.06. The molecule has 3 aromatic rings. The molecule has 0 spiro atoms. The van der Waals surface area contributed by atoms with Crippen LogP contribution in [-0.4, -0.2) is 30.0 Å². The summed E-state index contributed by atoms with van der Waals surface area (Å²) < 4.78 is 10.4. The molecule has 0 bridgehead atoms. The van der Waals surface area contributed by atoms with Crippen LogP contribution >= 0.6 is 0 Å². The normalized spacial score (nSPS) is 11.5. The highest BCUT2D eigenvalue weighted by molar-refractivity contribution is 5.97. The van der Waals surface area contributed by atoms with E-state index < -0.39 is 22.9 Å². The van der Waals surface area contributed by atoms with Crippen molar-refractivity contribution in [3.63, 3.8) is 0 Å². The third kappa shape index (κ3) is 4.72. The van der Waals surface area contributed by atoms with Gasteiger partial charge in [-0.1, -0.05) is 42.5 Å². The zero-order valence-corrected chi connectivity index (χ0v) is 16.5. The molecule has 0 radical (unpaired) electrons. The molecule has 0 fully saturated rings. The first-order valence-corrected chi connectivity index (χ1v) is 9.18. The van der Waals surface area contributed by atoms with Crippen molar-refractivity contribution in [3.8, 4) is 5.75 Å². The summed E-state index contributed by atoms with van der Waals surface area (Å²) in [6.07, 6.45) is -1.04. The van der Waals surface area contributed by atoms with Gasteiger partial charge in [-0.25, -0.2) is 0 Å². The number of nitrogens with one attached hydrogen (secondary N) is 1. The maximum Gasteiger partial charge on any atom is 0.311 e. The molecule has 0 saturated carbocycles. The molecule has 0 saturated heterocycles. The van der Waals surface area contributed by atoms with Gasteiger partial charge in [0.1, 0.15) is 5.75 Å². The smallest absolute Gasteiger partial charge is 0.311 e. The van der Waals surface area contributed by atoms with Gasteiger partial charge < -0.3 is 14.8 Å². The number of amides is 1. The summed E-state index contributed by atoms with van der Waals surface area (Å²) in [5.74, 6) is -0.982. The highest BCUT2D eigenvalue weighted by Gasteiger charge is 2.21.